The van der Waals surface area contributed by atoms with Gasteiger partial charge in [0, 0.05) is 33.6 Å². The number of hydrogen-bond acceptors (Lipinski definition) is 5. The molecule has 0 saturated heterocycles. The van der Waals surface area contributed by atoms with Gasteiger partial charge in [-0.05, 0) is 24.3 Å². The van der Waals surface area contributed by atoms with Gasteiger partial charge in [-0.2, -0.15) is 0 Å². The number of hydrogen-bond donors (Lipinski definition) is 2. The van der Waals surface area contributed by atoms with Crippen LogP contribution in [0.25, 0.3) is 22.3 Å². The molecule has 0 radical (unpaired) electrons. The van der Waals surface area contributed by atoms with Gasteiger partial charge in [-0.1, -0.05) is 72.4 Å². The maximum absolute atomic E-state index is 6.23. The van der Waals surface area contributed by atoms with E-state index in [1.165, 1.54) is 0 Å². The fourth-order valence-electron chi connectivity index (χ4n) is 3.64. The molecule has 0 atom stereocenters. The van der Waals surface area contributed by atoms with Gasteiger partial charge in [0.05, 0.1) is 24.0 Å². The van der Waals surface area contributed by atoms with Crippen LogP contribution in [0.3, 0.4) is 0 Å². The van der Waals surface area contributed by atoms with E-state index in [4.69, 9.17) is 20.9 Å². The van der Waals surface area contributed by atoms with Crippen molar-refractivity contribution in [2.24, 2.45) is 0 Å². The largest absolute Gasteiger partial charge is 0.495 e. The molecule has 0 aliphatic carbocycles. The summed E-state index contributed by atoms with van der Waals surface area (Å²) in [6.07, 6.45) is 0. The zero-order chi connectivity index (χ0) is 21.8. The van der Waals surface area contributed by atoms with Crippen LogP contribution in [0.2, 0.25) is 0 Å². The summed E-state index contributed by atoms with van der Waals surface area (Å²) < 4.78 is 11.7. The van der Waals surface area contributed by atoms with Crippen molar-refractivity contribution in [3.63, 3.8) is 0 Å². The van der Waals surface area contributed by atoms with Gasteiger partial charge in [-0.3, -0.25) is 0 Å². The molecule has 0 amide bonds. The summed E-state index contributed by atoms with van der Waals surface area (Å²) in [7, 11) is 3.36. The van der Waals surface area contributed by atoms with E-state index in [2.05, 4.69) is 0 Å². The maximum Gasteiger partial charge on any atom is 0.140 e. The Morgan fingerprint density at radius 3 is 1.29 bits per heavy atom. The van der Waals surface area contributed by atoms with E-state index in [9.17, 15) is 0 Å². The van der Waals surface area contributed by atoms with E-state index >= 15 is 0 Å². The first-order valence-electron chi connectivity index (χ1n) is 9.85. The SMILES string of the molecule is COc1c(Sc2cccc(-c3ccccc3N)c2OC)cccc1-c1ccccc1N. The Balaban J connectivity index is 1.81. The van der Waals surface area contributed by atoms with Crippen molar-refractivity contribution in [2.45, 2.75) is 9.79 Å². The molecule has 0 bridgehead atoms. The lowest BCUT2D eigenvalue weighted by Gasteiger charge is -2.17. The van der Waals surface area contributed by atoms with Crippen LogP contribution in [-0.4, -0.2) is 14.2 Å². The summed E-state index contributed by atoms with van der Waals surface area (Å²) in [6.45, 7) is 0. The van der Waals surface area contributed by atoms with Crippen molar-refractivity contribution in [1.29, 1.82) is 0 Å². The molecule has 0 aliphatic rings. The summed E-state index contributed by atoms with van der Waals surface area (Å²) in [5.41, 5.74) is 17.7. The lowest BCUT2D eigenvalue weighted by Crippen LogP contribution is -1.96. The van der Waals surface area contributed by atoms with Crippen molar-refractivity contribution in [3.05, 3.63) is 84.9 Å². The molecule has 4 nitrogen and oxygen atoms in total. The van der Waals surface area contributed by atoms with Crippen molar-refractivity contribution in [3.8, 4) is 33.8 Å². The Hall–Kier alpha value is -3.57. The van der Waals surface area contributed by atoms with E-state index in [0.717, 1.165) is 43.5 Å². The average molecular weight is 429 g/mol. The van der Waals surface area contributed by atoms with Crippen LogP contribution in [-0.2, 0) is 0 Å². The average Bonchev–Trinajstić information content (AvgIpc) is 2.79. The highest BCUT2D eigenvalue weighted by Gasteiger charge is 2.18. The Bertz CT molecular complexity index is 1130. The fourth-order valence-corrected chi connectivity index (χ4v) is 4.74. The molecule has 4 rings (SSSR count). The highest BCUT2D eigenvalue weighted by molar-refractivity contribution is 7.99. The summed E-state index contributed by atoms with van der Waals surface area (Å²) in [4.78, 5) is 1.94. The second kappa shape index (κ2) is 9.06. The molecule has 0 aliphatic heterocycles. The van der Waals surface area contributed by atoms with Gasteiger partial charge in [0.1, 0.15) is 11.5 Å². The molecule has 4 aromatic rings. The molecular formula is C26H24N2O2S. The zero-order valence-corrected chi connectivity index (χ0v) is 18.3. The minimum Gasteiger partial charge on any atom is -0.495 e. The molecule has 0 spiro atoms. The number of anilines is 2. The Kier molecular flexibility index (Phi) is 6.05. The summed E-state index contributed by atoms with van der Waals surface area (Å²) in [6, 6.07) is 27.7. The molecule has 5 heteroatoms. The van der Waals surface area contributed by atoms with Crippen molar-refractivity contribution >= 4 is 23.1 Å². The molecule has 0 saturated carbocycles. The maximum atomic E-state index is 6.23. The van der Waals surface area contributed by atoms with Gasteiger partial charge in [0.15, 0.2) is 0 Å². The van der Waals surface area contributed by atoms with Crippen LogP contribution in [0.5, 0.6) is 11.5 Å². The van der Waals surface area contributed by atoms with E-state index in [-0.39, 0.29) is 0 Å². The van der Waals surface area contributed by atoms with E-state index < -0.39 is 0 Å². The predicted molar refractivity (Wildman–Crippen MR) is 130 cm³/mol. The second-order valence-corrected chi connectivity index (χ2v) is 8.03. The third-order valence-corrected chi connectivity index (χ3v) is 6.17. The third-order valence-electron chi connectivity index (χ3n) is 5.09. The molecule has 0 heterocycles. The van der Waals surface area contributed by atoms with Gasteiger partial charge in [0.25, 0.3) is 0 Å². The summed E-state index contributed by atoms with van der Waals surface area (Å²) in [5.74, 6) is 1.55. The zero-order valence-electron chi connectivity index (χ0n) is 17.5. The number of rotatable bonds is 6. The van der Waals surface area contributed by atoms with Crippen LogP contribution in [0.4, 0.5) is 11.4 Å². The van der Waals surface area contributed by atoms with E-state index in [1.54, 1.807) is 26.0 Å². The Morgan fingerprint density at radius 2 is 0.903 bits per heavy atom. The van der Waals surface area contributed by atoms with Crippen LogP contribution in [0, 0.1) is 0 Å². The second-order valence-electron chi connectivity index (χ2n) is 6.95. The van der Waals surface area contributed by atoms with E-state index in [0.29, 0.717) is 11.4 Å². The van der Waals surface area contributed by atoms with Crippen molar-refractivity contribution in [1.82, 2.24) is 0 Å². The normalized spacial score (nSPS) is 10.6. The highest BCUT2D eigenvalue weighted by Crippen LogP contribution is 2.47. The first-order valence-corrected chi connectivity index (χ1v) is 10.7. The first kappa shape index (κ1) is 20.7. The highest BCUT2D eigenvalue weighted by atomic mass is 32.2. The molecule has 4 aromatic carbocycles. The van der Waals surface area contributed by atoms with Gasteiger partial charge < -0.3 is 20.9 Å². The quantitative estimate of drug-likeness (QED) is 0.350. The lowest BCUT2D eigenvalue weighted by atomic mass is 10.0. The Morgan fingerprint density at radius 1 is 0.516 bits per heavy atom. The monoisotopic (exact) mass is 428 g/mol. The van der Waals surface area contributed by atoms with Crippen LogP contribution >= 0.6 is 11.8 Å². The number of para-hydroxylation sites is 4. The summed E-state index contributed by atoms with van der Waals surface area (Å²) >= 11 is 1.59. The third kappa shape index (κ3) is 4.05. The molecule has 0 fully saturated rings. The number of nitrogens with two attached hydrogens (primary N) is 2. The first-order chi connectivity index (χ1) is 15.1. The molecular weight excluding hydrogens is 404 g/mol. The Labute approximate surface area is 186 Å². The van der Waals surface area contributed by atoms with Gasteiger partial charge in [-0.15, -0.1) is 0 Å². The van der Waals surface area contributed by atoms with Crippen LogP contribution in [0.15, 0.2) is 94.7 Å². The number of nitrogen functional groups attached to an aromatic ring is 2. The number of benzene rings is 4. The molecule has 4 N–H and O–H groups in total. The topological polar surface area (TPSA) is 70.5 Å². The van der Waals surface area contributed by atoms with Gasteiger partial charge >= 0.3 is 0 Å². The predicted octanol–water partition coefficient (Wildman–Crippen LogP) is 6.35. The van der Waals surface area contributed by atoms with Crippen molar-refractivity contribution in [2.75, 3.05) is 25.7 Å². The number of ether oxygens (including phenoxy) is 2. The van der Waals surface area contributed by atoms with Crippen molar-refractivity contribution < 1.29 is 9.47 Å². The molecule has 31 heavy (non-hydrogen) atoms. The standard InChI is InChI=1S/C26H24N2O2S/c1-29-25-19(17-9-3-5-13-21(17)27)11-7-15-23(25)31-24-16-8-12-20(26(24)30-2)18-10-4-6-14-22(18)28/h3-16H,27-28H2,1-2H3. The van der Waals surface area contributed by atoms with Gasteiger partial charge in [0.2, 0.25) is 0 Å². The van der Waals surface area contributed by atoms with Gasteiger partial charge in [-0.25, -0.2) is 0 Å². The minimum atomic E-state index is 0.710. The minimum absolute atomic E-state index is 0.710. The smallest absolute Gasteiger partial charge is 0.140 e. The van der Waals surface area contributed by atoms with Crippen LogP contribution in [0.1, 0.15) is 0 Å². The van der Waals surface area contributed by atoms with Crippen LogP contribution < -0.4 is 20.9 Å². The molecule has 156 valence electrons. The van der Waals surface area contributed by atoms with E-state index in [1.807, 2.05) is 84.9 Å². The number of methoxy groups -OCH3 is 2. The fraction of sp³-hybridized carbons (Fsp3) is 0.0769. The molecule has 0 unspecified atom stereocenters. The summed E-state index contributed by atoms with van der Waals surface area (Å²) in [5, 5.41) is 0. The lowest BCUT2D eigenvalue weighted by molar-refractivity contribution is 0.404. The molecule has 0 aromatic heterocycles.